The summed E-state index contributed by atoms with van der Waals surface area (Å²) in [5.41, 5.74) is 2.84. The molecule has 3 heterocycles. The fourth-order valence-corrected chi connectivity index (χ4v) is 2.70. The molecule has 23 heavy (non-hydrogen) atoms. The smallest absolute Gasteiger partial charge is 0.269 e. The van der Waals surface area contributed by atoms with Crippen LogP contribution in [-0.2, 0) is 4.74 Å². The highest BCUT2D eigenvalue weighted by Crippen LogP contribution is 2.25. The highest BCUT2D eigenvalue weighted by molar-refractivity contribution is 6.29. The summed E-state index contributed by atoms with van der Waals surface area (Å²) >= 11 is 6.17. The van der Waals surface area contributed by atoms with Crippen molar-refractivity contribution in [3.8, 4) is 11.3 Å². The quantitative estimate of drug-likeness (QED) is 0.838. The predicted octanol–water partition coefficient (Wildman–Crippen LogP) is 1.82. The molecule has 1 amide bonds. The number of pyridine rings is 2. The molecule has 2 aromatic rings. The highest BCUT2D eigenvalue weighted by atomic mass is 35.5. The van der Waals surface area contributed by atoms with Gasteiger partial charge in [-0.05, 0) is 29.8 Å². The number of ether oxygens (including phenoxy) is 1. The van der Waals surface area contributed by atoms with E-state index in [0.717, 1.165) is 17.7 Å². The number of carbonyl (C=O) groups is 1. The van der Waals surface area contributed by atoms with Gasteiger partial charge in [0.05, 0.1) is 24.9 Å². The number of halogens is 1. The van der Waals surface area contributed by atoms with Crippen LogP contribution in [0.1, 0.15) is 22.1 Å². The Morgan fingerprint density at radius 3 is 3.04 bits per heavy atom. The Morgan fingerprint density at radius 1 is 1.43 bits per heavy atom. The first kappa shape index (κ1) is 15.9. The average Bonchev–Trinajstić information content (AvgIpc) is 2.61. The number of hydrogen-bond donors (Lipinski definition) is 2. The molecule has 0 aliphatic carbocycles. The summed E-state index contributed by atoms with van der Waals surface area (Å²) in [4.78, 5) is 20.2. The number of amides is 1. The summed E-state index contributed by atoms with van der Waals surface area (Å²) in [6, 6.07) is 7.38. The number of nitrogens with one attached hydrogen (secondary N) is 2. The molecule has 0 spiro atoms. The van der Waals surface area contributed by atoms with Crippen LogP contribution in [-0.4, -0.2) is 42.7 Å². The number of nitrogens with zero attached hydrogens (tertiary/aromatic N) is 2. The van der Waals surface area contributed by atoms with Crippen LogP contribution in [0.5, 0.6) is 0 Å². The highest BCUT2D eigenvalue weighted by Gasteiger charge is 2.17. The van der Waals surface area contributed by atoms with Crippen LogP contribution < -0.4 is 10.6 Å². The zero-order valence-corrected chi connectivity index (χ0v) is 13.4. The van der Waals surface area contributed by atoms with Gasteiger partial charge >= 0.3 is 0 Å². The molecule has 1 atom stereocenters. The van der Waals surface area contributed by atoms with E-state index in [2.05, 4.69) is 20.6 Å². The molecule has 1 saturated heterocycles. The van der Waals surface area contributed by atoms with Gasteiger partial charge in [0, 0.05) is 25.4 Å². The Hall–Kier alpha value is -2.02. The van der Waals surface area contributed by atoms with E-state index in [-0.39, 0.29) is 11.9 Å². The lowest BCUT2D eigenvalue weighted by molar-refractivity contribution is 0.0769. The molecule has 0 saturated carbocycles. The molecule has 0 aromatic carbocycles. The van der Waals surface area contributed by atoms with Gasteiger partial charge in [0.15, 0.2) is 0 Å². The molecule has 1 aliphatic heterocycles. The first-order valence-electron chi connectivity index (χ1n) is 7.34. The Labute approximate surface area is 139 Å². The molecule has 1 unspecified atom stereocenters. The third-order valence-electron chi connectivity index (χ3n) is 3.66. The largest absolute Gasteiger partial charge is 0.378 e. The van der Waals surface area contributed by atoms with Crippen molar-refractivity contribution in [2.24, 2.45) is 0 Å². The molecule has 6 nitrogen and oxygen atoms in total. The van der Waals surface area contributed by atoms with Crippen LogP contribution in [0.25, 0.3) is 11.3 Å². The van der Waals surface area contributed by atoms with Crippen LogP contribution in [0, 0.1) is 0 Å². The van der Waals surface area contributed by atoms with Crippen molar-refractivity contribution in [2.75, 3.05) is 26.8 Å². The summed E-state index contributed by atoms with van der Waals surface area (Å²) < 4.78 is 5.50. The van der Waals surface area contributed by atoms with Gasteiger partial charge in [-0.2, -0.15) is 0 Å². The minimum atomic E-state index is -0.239. The minimum Gasteiger partial charge on any atom is -0.378 e. The number of carbonyl (C=O) groups excluding carboxylic acids is 1. The standard InChI is InChI=1S/C16H17ClN4O2/c1-18-16(22)13-6-10(2-3-19-13)12-7-11(8-15(17)21-12)14-9-23-5-4-20-14/h2-3,6-8,14,20H,4-5,9H2,1H3,(H,18,22). The van der Waals surface area contributed by atoms with Crippen molar-refractivity contribution in [3.05, 3.63) is 46.9 Å². The summed E-state index contributed by atoms with van der Waals surface area (Å²) in [7, 11) is 1.57. The maximum atomic E-state index is 11.7. The molecular weight excluding hydrogens is 316 g/mol. The summed E-state index contributed by atoms with van der Waals surface area (Å²) in [5, 5.41) is 6.36. The van der Waals surface area contributed by atoms with Crippen LogP contribution >= 0.6 is 11.6 Å². The van der Waals surface area contributed by atoms with Crippen molar-refractivity contribution < 1.29 is 9.53 Å². The van der Waals surface area contributed by atoms with Crippen LogP contribution in [0.3, 0.4) is 0 Å². The summed E-state index contributed by atoms with van der Waals surface area (Å²) in [6.07, 6.45) is 1.59. The van der Waals surface area contributed by atoms with Crippen LogP contribution in [0.4, 0.5) is 0 Å². The van der Waals surface area contributed by atoms with Crippen molar-refractivity contribution in [1.29, 1.82) is 0 Å². The number of rotatable bonds is 3. The normalized spacial score (nSPS) is 17.7. The zero-order valence-electron chi connectivity index (χ0n) is 12.7. The Morgan fingerprint density at radius 2 is 2.30 bits per heavy atom. The summed E-state index contributed by atoms with van der Waals surface area (Å²) in [5.74, 6) is -0.239. The topological polar surface area (TPSA) is 76.1 Å². The third kappa shape index (κ3) is 3.67. The van der Waals surface area contributed by atoms with E-state index in [9.17, 15) is 4.79 Å². The summed E-state index contributed by atoms with van der Waals surface area (Å²) in [6.45, 7) is 2.11. The monoisotopic (exact) mass is 332 g/mol. The predicted molar refractivity (Wildman–Crippen MR) is 87.4 cm³/mol. The van der Waals surface area contributed by atoms with Gasteiger partial charge in [-0.1, -0.05) is 11.6 Å². The fraction of sp³-hybridized carbons (Fsp3) is 0.312. The lowest BCUT2D eigenvalue weighted by Crippen LogP contribution is -2.34. The molecule has 0 radical (unpaired) electrons. The molecule has 1 fully saturated rings. The van der Waals surface area contributed by atoms with Gasteiger partial charge in [-0.25, -0.2) is 4.98 Å². The molecule has 120 valence electrons. The second-order valence-corrected chi connectivity index (χ2v) is 5.59. The lowest BCUT2D eigenvalue weighted by atomic mass is 10.0. The van der Waals surface area contributed by atoms with E-state index in [4.69, 9.17) is 16.3 Å². The third-order valence-corrected chi connectivity index (χ3v) is 3.85. The van der Waals surface area contributed by atoms with E-state index in [1.165, 1.54) is 0 Å². The van der Waals surface area contributed by atoms with Crippen molar-refractivity contribution in [3.63, 3.8) is 0 Å². The maximum absolute atomic E-state index is 11.7. The molecule has 7 heteroatoms. The first-order chi connectivity index (χ1) is 11.2. The SMILES string of the molecule is CNC(=O)c1cc(-c2cc(C3COCCN3)cc(Cl)n2)ccn1. The second-order valence-electron chi connectivity index (χ2n) is 5.20. The van der Waals surface area contributed by atoms with Gasteiger partial charge in [0.25, 0.3) is 5.91 Å². The molecular formula is C16H17ClN4O2. The average molecular weight is 333 g/mol. The molecule has 2 N–H and O–H groups in total. The number of morpholine rings is 1. The van der Waals surface area contributed by atoms with Gasteiger partial charge < -0.3 is 15.4 Å². The number of hydrogen-bond acceptors (Lipinski definition) is 5. The Balaban J connectivity index is 1.96. The first-order valence-corrected chi connectivity index (χ1v) is 7.72. The molecule has 1 aliphatic rings. The fourth-order valence-electron chi connectivity index (χ4n) is 2.49. The van der Waals surface area contributed by atoms with Crippen molar-refractivity contribution in [2.45, 2.75) is 6.04 Å². The van der Waals surface area contributed by atoms with Gasteiger partial charge in [-0.15, -0.1) is 0 Å². The van der Waals surface area contributed by atoms with E-state index < -0.39 is 0 Å². The van der Waals surface area contributed by atoms with E-state index in [0.29, 0.717) is 29.8 Å². The zero-order chi connectivity index (χ0) is 16.2. The number of aromatic nitrogens is 2. The van der Waals surface area contributed by atoms with Gasteiger partial charge in [0.1, 0.15) is 10.8 Å². The minimum absolute atomic E-state index is 0.0863. The van der Waals surface area contributed by atoms with Gasteiger partial charge in [0.2, 0.25) is 0 Å². The van der Waals surface area contributed by atoms with Crippen LogP contribution in [0.2, 0.25) is 5.15 Å². The Kier molecular flexibility index (Phi) is 4.85. The maximum Gasteiger partial charge on any atom is 0.269 e. The molecule has 0 bridgehead atoms. The van der Waals surface area contributed by atoms with E-state index in [1.807, 2.05) is 12.1 Å². The van der Waals surface area contributed by atoms with Crippen molar-refractivity contribution in [1.82, 2.24) is 20.6 Å². The van der Waals surface area contributed by atoms with Gasteiger partial charge in [-0.3, -0.25) is 9.78 Å². The second kappa shape index (κ2) is 7.04. The Bertz CT molecular complexity index is 717. The van der Waals surface area contributed by atoms with E-state index >= 15 is 0 Å². The van der Waals surface area contributed by atoms with E-state index in [1.54, 1.807) is 25.4 Å². The molecule has 2 aromatic heterocycles. The van der Waals surface area contributed by atoms with Crippen LogP contribution in [0.15, 0.2) is 30.5 Å². The molecule has 3 rings (SSSR count). The van der Waals surface area contributed by atoms with Crippen molar-refractivity contribution >= 4 is 17.5 Å². The lowest BCUT2D eigenvalue weighted by Gasteiger charge is -2.24.